The van der Waals surface area contributed by atoms with E-state index < -0.39 is 0 Å². The molecule has 1 aromatic carbocycles. The van der Waals surface area contributed by atoms with E-state index >= 15 is 0 Å². The molecule has 0 bridgehead atoms. The Kier molecular flexibility index (Phi) is 2.48. The van der Waals surface area contributed by atoms with Gasteiger partial charge >= 0.3 is 0 Å². The number of nitrogens with zero attached hydrogens (tertiary/aromatic N) is 1. The van der Waals surface area contributed by atoms with Crippen LogP contribution in [-0.2, 0) is 0 Å². The van der Waals surface area contributed by atoms with Crippen molar-refractivity contribution in [1.82, 2.24) is 0 Å². The highest BCUT2D eigenvalue weighted by Gasteiger charge is 1.99. The van der Waals surface area contributed by atoms with E-state index in [4.69, 9.17) is 22.0 Å². The molecular formula is C8H5ClNO. The Bertz CT molecular complexity index is 303. The third-order valence-electron chi connectivity index (χ3n) is 1.26. The number of hydrogen-bond acceptors (Lipinski definition) is 2. The topological polar surface area (TPSA) is 44.0 Å². The lowest BCUT2D eigenvalue weighted by Crippen LogP contribution is -1.82. The molecule has 0 fully saturated rings. The number of benzene rings is 1. The summed E-state index contributed by atoms with van der Waals surface area (Å²) in [7, 11) is 0. The summed E-state index contributed by atoms with van der Waals surface area (Å²) in [5.74, 6) is 0. The molecule has 0 aliphatic heterocycles. The van der Waals surface area contributed by atoms with Gasteiger partial charge in [-0.25, -0.2) is 0 Å². The third-order valence-corrected chi connectivity index (χ3v) is 1.58. The lowest BCUT2D eigenvalue weighted by Gasteiger charge is -1.96. The lowest BCUT2D eigenvalue weighted by atomic mass is 10.1. The molecule has 0 atom stereocenters. The van der Waals surface area contributed by atoms with Crippen LogP contribution in [0.25, 0.3) is 0 Å². The van der Waals surface area contributed by atoms with E-state index in [9.17, 15) is 0 Å². The fourth-order valence-corrected chi connectivity index (χ4v) is 0.934. The summed E-state index contributed by atoms with van der Waals surface area (Å²) in [6.45, 7) is 0.938. The van der Waals surface area contributed by atoms with Crippen LogP contribution >= 0.6 is 11.6 Å². The largest absolute Gasteiger partial charge is 0.385 e. The molecular weight excluding hydrogens is 162 g/mol. The second-order valence-corrected chi connectivity index (χ2v) is 2.39. The van der Waals surface area contributed by atoms with Gasteiger partial charge in [0.1, 0.15) is 12.7 Å². The number of aliphatic hydroxyl groups is 1. The van der Waals surface area contributed by atoms with Crippen LogP contribution in [0, 0.1) is 17.9 Å². The maximum Gasteiger partial charge on any atom is 0.109 e. The van der Waals surface area contributed by atoms with E-state index in [1.807, 2.05) is 6.07 Å². The minimum Gasteiger partial charge on any atom is -0.385 e. The van der Waals surface area contributed by atoms with E-state index in [0.29, 0.717) is 16.1 Å². The van der Waals surface area contributed by atoms with E-state index in [0.717, 1.165) is 6.61 Å². The van der Waals surface area contributed by atoms with Gasteiger partial charge in [-0.15, -0.1) is 0 Å². The normalized spacial score (nSPS) is 9.18. The maximum atomic E-state index is 8.56. The monoisotopic (exact) mass is 166 g/mol. The Morgan fingerprint density at radius 2 is 2.27 bits per heavy atom. The van der Waals surface area contributed by atoms with Crippen LogP contribution in [0.15, 0.2) is 18.2 Å². The van der Waals surface area contributed by atoms with Crippen molar-refractivity contribution in [3.05, 3.63) is 41.0 Å². The molecule has 0 aliphatic carbocycles. The van der Waals surface area contributed by atoms with Crippen LogP contribution in [0.2, 0.25) is 5.02 Å². The van der Waals surface area contributed by atoms with Gasteiger partial charge in [0.05, 0.1) is 10.6 Å². The predicted octanol–water partition coefficient (Wildman–Crippen LogP) is 2.09. The third kappa shape index (κ3) is 1.70. The minimum atomic E-state index is 0.357. The number of hydrogen-bond donors (Lipinski definition) is 1. The molecule has 1 aromatic rings. The van der Waals surface area contributed by atoms with Crippen LogP contribution in [0.4, 0.5) is 0 Å². The first-order chi connectivity index (χ1) is 5.27. The molecule has 0 saturated heterocycles. The SMILES string of the molecule is N#Cc1ccc([CH]O)cc1Cl. The molecule has 0 unspecified atom stereocenters. The zero-order valence-electron chi connectivity index (χ0n) is 5.58. The van der Waals surface area contributed by atoms with Crippen molar-refractivity contribution >= 4 is 11.6 Å². The zero-order valence-corrected chi connectivity index (χ0v) is 6.34. The molecule has 0 aromatic heterocycles. The van der Waals surface area contributed by atoms with Gasteiger partial charge in [0, 0.05) is 0 Å². The van der Waals surface area contributed by atoms with Crippen molar-refractivity contribution in [2.75, 3.05) is 0 Å². The molecule has 3 heteroatoms. The summed E-state index contributed by atoms with van der Waals surface area (Å²) >= 11 is 5.65. The van der Waals surface area contributed by atoms with E-state index in [-0.39, 0.29) is 0 Å². The average Bonchev–Trinajstić information content (AvgIpc) is 2.04. The quantitative estimate of drug-likeness (QED) is 0.694. The van der Waals surface area contributed by atoms with E-state index in [1.54, 1.807) is 12.1 Å². The second-order valence-electron chi connectivity index (χ2n) is 1.98. The first-order valence-corrected chi connectivity index (χ1v) is 3.33. The van der Waals surface area contributed by atoms with Crippen LogP contribution in [-0.4, -0.2) is 5.11 Å². The van der Waals surface area contributed by atoms with Gasteiger partial charge in [-0.3, -0.25) is 0 Å². The number of aliphatic hydroxyl groups excluding tert-OH is 1. The highest BCUT2D eigenvalue weighted by molar-refractivity contribution is 6.31. The average molecular weight is 167 g/mol. The van der Waals surface area contributed by atoms with E-state index in [2.05, 4.69) is 0 Å². The first kappa shape index (κ1) is 8.06. The Labute approximate surface area is 69.7 Å². The predicted molar refractivity (Wildman–Crippen MR) is 41.5 cm³/mol. The molecule has 0 aliphatic rings. The molecule has 55 valence electrons. The molecule has 1 radical (unpaired) electrons. The van der Waals surface area contributed by atoms with Crippen molar-refractivity contribution in [3.8, 4) is 6.07 Å². The summed E-state index contributed by atoms with van der Waals surface area (Å²) < 4.78 is 0. The minimum absolute atomic E-state index is 0.357. The Hall–Kier alpha value is -1.04. The summed E-state index contributed by atoms with van der Waals surface area (Å²) in [6.07, 6.45) is 0. The smallest absolute Gasteiger partial charge is 0.109 e. The standard InChI is InChI=1S/C8H5ClNO/c9-8-3-6(5-11)1-2-7(8)4-10/h1-3,5,11H. The molecule has 0 heterocycles. The molecule has 0 amide bonds. The van der Waals surface area contributed by atoms with Gasteiger partial charge in [0.25, 0.3) is 0 Å². The zero-order chi connectivity index (χ0) is 8.27. The molecule has 11 heavy (non-hydrogen) atoms. The second kappa shape index (κ2) is 3.38. The van der Waals surface area contributed by atoms with Gasteiger partial charge in [0.15, 0.2) is 0 Å². The number of halogens is 1. The Morgan fingerprint density at radius 3 is 2.73 bits per heavy atom. The van der Waals surface area contributed by atoms with Crippen molar-refractivity contribution in [2.45, 2.75) is 0 Å². The van der Waals surface area contributed by atoms with Crippen molar-refractivity contribution < 1.29 is 5.11 Å². The summed E-state index contributed by atoms with van der Waals surface area (Å²) in [6, 6.07) is 6.62. The van der Waals surface area contributed by atoms with Gasteiger partial charge in [0.2, 0.25) is 0 Å². The van der Waals surface area contributed by atoms with Crippen molar-refractivity contribution in [2.24, 2.45) is 0 Å². The van der Waals surface area contributed by atoms with Crippen LogP contribution < -0.4 is 0 Å². The lowest BCUT2D eigenvalue weighted by molar-refractivity contribution is 0.415. The summed E-state index contributed by atoms with van der Waals surface area (Å²) in [4.78, 5) is 0. The van der Waals surface area contributed by atoms with Crippen LogP contribution in [0.1, 0.15) is 11.1 Å². The van der Waals surface area contributed by atoms with Gasteiger partial charge in [-0.2, -0.15) is 5.26 Å². The van der Waals surface area contributed by atoms with Crippen LogP contribution in [0.5, 0.6) is 0 Å². The van der Waals surface area contributed by atoms with Crippen molar-refractivity contribution in [1.29, 1.82) is 5.26 Å². The molecule has 1 rings (SSSR count). The Morgan fingerprint density at radius 1 is 1.55 bits per heavy atom. The highest BCUT2D eigenvalue weighted by Crippen LogP contribution is 2.16. The van der Waals surface area contributed by atoms with Crippen LogP contribution in [0.3, 0.4) is 0 Å². The molecule has 2 nitrogen and oxygen atoms in total. The highest BCUT2D eigenvalue weighted by atomic mass is 35.5. The van der Waals surface area contributed by atoms with Crippen molar-refractivity contribution in [3.63, 3.8) is 0 Å². The van der Waals surface area contributed by atoms with Gasteiger partial charge in [-0.1, -0.05) is 17.7 Å². The molecule has 1 N–H and O–H groups in total. The maximum absolute atomic E-state index is 8.56. The Balaban J connectivity index is 3.12. The molecule has 0 spiro atoms. The number of nitriles is 1. The van der Waals surface area contributed by atoms with Gasteiger partial charge < -0.3 is 5.11 Å². The molecule has 0 saturated carbocycles. The summed E-state index contributed by atoms with van der Waals surface area (Å²) in [5, 5.41) is 17.4. The first-order valence-electron chi connectivity index (χ1n) is 2.95. The summed E-state index contributed by atoms with van der Waals surface area (Å²) in [5.41, 5.74) is 1.01. The fourth-order valence-electron chi connectivity index (χ4n) is 0.702. The van der Waals surface area contributed by atoms with Gasteiger partial charge in [-0.05, 0) is 17.7 Å². The van der Waals surface area contributed by atoms with E-state index in [1.165, 1.54) is 6.07 Å². The number of rotatable bonds is 1. The fraction of sp³-hybridized carbons (Fsp3) is 0.